The van der Waals surface area contributed by atoms with E-state index in [2.05, 4.69) is 17.6 Å². The second-order valence-electron chi connectivity index (χ2n) is 5.23. The van der Waals surface area contributed by atoms with Crippen LogP contribution >= 0.6 is 0 Å². The van der Waals surface area contributed by atoms with Gasteiger partial charge in [0.05, 0.1) is 25.6 Å². The van der Waals surface area contributed by atoms with Gasteiger partial charge in [-0.15, -0.1) is 0 Å². The Bertz CT molecular complexity index is 304. The average molecular weight is 253 g/mol. The number of aliphatic hydroxyl groups is 1. The summed E-state index contributed by atoms with van der Waals surface area (Å²) < 4.78 is 0. The third-order valence-corrected chi connectivity index (χ3v) is 3.72. The fourth-order valence-corrected chi connectivity index (χ4v) is 2.29. The van der Waals surface area contributed by atoms with Crippen molar-refractivity contribution in [3.05, 3.63) is 0 Å². The Balaban J connectivity index is 2.31. The summed E-state index contributed by atoms with van der Waals surface area (Å²) in [4.78, 5) is 11.5. The first kappa shape index (κ1) is 14.9. The highest BCUT2D eigenvalue weighted by atomic mass is 16.3. The first-order valence-electron chi connectivity index (χ1n) is 6.61. The molecule has 1 rings (SSSR count). The van der Waals surface area contributed by atoms with Crippen molar-refractivity contribution in [2.24, 2.45) is 5.92 Å². The lowest BCUT2D eigenvalue weighted by Gasteiger charge is -2.38. The van der Waals surface area contributed by atoms with Crippen LogP contribution < -0.4 is 10.6 Å². The molecule has 0 aliphatic heterocycles. The van der Waals surface area contributed by atoms with E-state index in [0.717, 1.165) is 25.7 Å². The summed E-state index contributed by atoms with van der Waals surface area (Å²) in [5.41, 5.74) is -0.293. The molecule has 0 spiro atoms. The maximum atomic E-state index is 11.5. The second-order valence-corrected chi connectivity index (χ2v) is 5.23. The van der Waals surface area contributed by atoms with Gasteiger partial charge in [-0.25, -0.2) is 0 Å². The number of nitrogens with one attached hydrogen (secondary N) is 2. The molecule has 1 saturated carbocycles. The largest absolute Gasteiger partial charge is 0.394 e. The quantitative estimate of drug-likeness (QED) is 0.603. The minimum absolute atomic E-state index is 0.0746. The van der Waals surface area contributed by atoms with Gasteiger partial charge in [0.2, 0.25) is 5.91 Å². The van der Waals surface area contributed by atoms with Crippen LogP contribution in [0.25, 0.3) is 0 Å². The molecule has 5 nitrogen and oxygen atoms in total. The van der Waals surface area contributed by atoms with E-state index in [-0.39, 0.29) is 24.6 Å². The molecule has 0 radical (unpaired) electrons. The van der Waals surface area contributed by atoms with Crippen LogP contribution in [0.4, 0.5) is 0 Å². The molecule has 18 heavy (non-hydrogen) atoms. The number of rotatable bonds is 6. The van der Waals surface area contributed by atoms with Crippen molar-refractivity contribution in [2.75, 3.05) is 19.7 Å². The number of carbonyl (C=O) groups excluding carboxylic acids is 1. The number of carbonyl (C=O) groups is 1. The Kier molecular flexibility index (Phi) is 6.10. The van der Waals surface area contributed by atoms with Crippen molar-refractivity contribution in [3.8, 4) is 6.07 Å². The molecular weight excluding hydrogens is 230 g/mol. The molecule has 1 fully saturated rings. The van der Waals surface area contributed by atoms with Gasteiger partial charge >= 0.3 is 0 Å². The van der Waals surface area contributed by atoms with E-state index in [0.29, 0.717) is 18.9 Å². The summed E-state index contributed by atoms with van der Waals surface area (Å²) in [6.07, 6.45) is 4.33. The Morgan fingerprint density at radius 2 is 2.17 bits per heavy atom. The Morgan fingerprint density at radius 3 is 2.72 bits per heavy atom. The summed E-state index contributed by atoms with van der Waals surface area (Å²) in [5, 5.41) is 23.7. The fraction of sp³-hybridized carbons (Fsp3) is 0.846. The normalized spacial score (nSPS) is 27.5. The summed E-state index contributed by atoms with van der Waals surface area (Å²) in [6.45, 7) is 2.89. The molecule has 1 aliphatic rings. The summed E-state index contributed by atoms with van der Waals surface area (Å²) in [6, 6.07) is 1.98. The highest BCUT2D eigenvalue weighted by molar-refractivity contribution is 5.78. The van der Waals surface area contributed by atoms with Crippen LogP contribution in [0.15, 0.2) is 0 Å². The SMILES string of the molecule is CC1CCC(CO)(NCC(=O)NCCC#N)CC1. The first-order valence-corrected chi connectivity index (χ1v) is 6.61. The summed E-state index contributed by atoms with van der Waals surface area (Å²) in [7, 11) is 0. The molecular formula is C13H23N3O2. The molecule has 0 aromatic carbocycles. The zero-order valence-corrected chi connectivity index (χ0v) is 11.0. The number of aliphatic hydroxyl groups excluding tert-OH is 1. The number of hydrogen-bond donors (Lipinski definition) is 3. The van der Waals surface area contributed by atoms with Crippen LogP contribution in [0.2, 0.25) is 0 Å². The molecule has 1 amide bonds. The topological polar surface area (TPSA) is 85.2 Å². The van der Waals surface area contributed by atoms with E-state index in [9.17, 15) is 9.90 Å². The number of nitrogens with zero attached hydrogens (tertiary/aromatic N) is 1. The molecule has 1 aliphatic carbocycles. The minimum Gasteiger partial charge on any atom is -0.394 e. The predicted molar refractivity (Wildman–Crippen MR) is 68.7 cm³/mol. The lowest BCUT2D eigenvalue weighted by Crippen LogP contribution is -2.53. The van der Waals surface area contributed by atoms with Crippen molar-refractivity contribution in [1.29, 1.82) is 5.26 Å². The van der Waals surface area contributed by atoms with E-state index in [1.54, 1.807) is 0 Å². The molecule has 0 unspecified atom stereocenters. The van der Waals surface area contributed by atoms with Crippen LogP contribution in [0.3, 0.4) is 0 Å². The van der Waals surface area contributed by atoms with E-state index in [1.165, 1.54) is 0 Å². The zero-order valence-electron chi connectivity index (χ0n) is 11.0. The van der Waals surface area contributed by atoms with E-state index >= 15 is 0 Å². The molecule has 0 aromatic rings. The number of nitriles is 1. The predicted octanol–water partition coefficient (Wildman–Crippen LogP) is 0.547. The van der Waals surface area contributed by atoms with Gasteiger partial charge in [0.15, 0.2) is 0 Å². The van der Waals surface area contributed by atoms with E-state index in [1.807, 2.05) is 6.07 Å². The third-order valence-electron chi connectivity index (χ3n) is 3.72. The molecule has 0 heterocycles. The zero-order chi connectivity index (χ0) is 13.4. The van der Waals surface area contributed by atoms with Gasteiger partial charge in [-0.1, -0.05) is 6.92 Å². The van der Waals surface area contributed by atoms with E-state index < -0.39 is 0 Å². The van der Waals surface area contributed by atoms with Gasteiger partial charge in [-0.2, -0.15) is 5.26 Å². The van der Waals surface area contributed by atoms with Crippen molar-refractivity contribution in [2.45, 2.75) is 44.6 Å². The fourth-order valence-electron chi connectivity index (χ4n) is 2.29. The third kappa shape index (κ3) is 4.63. The molecule has 0 saturated heterocycles. The Hall–Kier alpha value is -1.12. The molecule has 0 aromatic heterocycles. The molecule has 3 N–H and O–H groups in total. The Morgan fingerprint density at radius 1 is 1.50 bits per heavy atom. The standard InChI is InChI=1S/C13H23N3O2/c1-11-3-5-13(10-17,6-4-11)16-9-12(18)15-8-2-7-14/h11,16-17H,2-6,8-10H2,1H3,(H,15,18). The van der Waals surface area contributed by atoms with Crippen LogP contribution in [0.1, 0.15) is 39.0 Å². The van der Waals surface area contributed by atoms with Gasteiger partial charge in [0.25, 0.3) is 0 Å². The van der Waals surface area contributed by atoms with Gasteiger partial charge in [-0.05, 0) is 31.6 Å². The number of amides is 1. The van der Waals surface area contributed by atoms with Gasteiger partial charge in [0, 0.05) is 12.1 Å². The number of hydrogen-bond acceptors (Lipinski definition) is 4. The summed E-state index contributed by atoms with van der Waals surface area (Å²) in [5.74, 6) is 0.590. The minimum atomic E-state index is -0.293. The van der Waals surface area contributed by atoms with Crippen molar-refractivity contribution in [3.63, 3.8) is 0 Å². The molecule has 5 heteroatoms. The summed E-state index contributed by atoms with van der Waals surface area (Å²) >= 11 is 0. The maximum absolute atomic E-state index is 11.5. The van der Waals surface area contributed by atoms with E-state index in [4.69, 9.17) is 5.26 Å². The van der Waals surface area contributed by atoms with Gasteiger partial charge in [-0.3, -0.25) is 4.79 Å². The van der Waals surface area contributed by atoms with Gasteiger partial charge < -0.3 is 15.7 Å². The van der Waals surface area contributed by atoms with Crippen LogP contribution in [0, 0.1) is 17.2 Å². The lowest BCUT2D eigenvalue weighted by molar-refractivity contribution is -0.120. The first-order chi connectivity index (χ1) is 8.62. The van der Waals surface area contributed by atoms with Crippen LogP contribution in [-0.2, 0) is 4.79 Å². The monoisotopic (exact) mass is 253 g/mol. The van der Waals surface area contributed by atoms with Crippen molar-refractivity contribution >= 4 is 5.91 Å². The molecule has 0 atom stereocenters. The van der Waals surface area contributed by atoms with Gasteiger partial charge in [0.1, 0.15) is 0 Å². The Labute approximate surface area is 109 Å². The van der Waals surface area contributed by atoms with Crippen LogP contribution in [0.5, 0.6) is 0 Å². The van der Waals surface area contributed by atoms with Crippen LogP contribution in [-0.4, -0.2) is 36.2 Å². The highest BCUT2D eigenvalue weighted by Crippen LogP contribution is 2.31. The van der Waals surface area contributed by atoms with Crippen molar-refractivity contribution in [1.82, 2.24) is 10.6 Å². The highest BCUT2D eigenvalue weighted by Gasteiger charge is 2.33. The lowest BCUT2D eigenvalue weighted by atomic mass is 9.77. The average Bonchev–Trinajstić information content (AvgIpc) is 2.39. The molecule has 0 bridgehead atoms. The smallest absolute Gasteiger partial charge is 0.234 e. The maximum Gasteiger partial charge on any atom is 0.234 e. The second kappa shape index (κ2) is 7.34. The molecule has 102 valence electrons. The van der Waals surface area contributed by atoms with Crippen molar-refractivity contribution < 1.29 is 9.90 Å².